The summed E-state index contributed by atoms with van der Waals surface area (Å²) in [5.74, 6) is -1.26. The summed E-state index contributed by atoms with van der Waals surface area (Å²) < 4.78 is 0. The second-order valence-corrected chi connectivity index (χ2v) is 3.17. The summed E-state index contributed by atoms with van der Waals surface area (Å²) in [7, 11) is 0. The Balaban J connectivity index is 2.82. The van der Waals surface area contributed by atoms with Crippen molar-refractivity contribution in [3.63, 3.8) is 0 Å². The van der Waals surface area contributed by atoms with Crippen LogP contribution in [0.4, 0.5) is 0 Å². The van der Waals surface area contributed by atoms with E-state index in [9.17, 15) is 14.4 Å². The molecule has 0 radical (unpaired) electrons. The molecule has 0 spiro atoms. The molecule has 0 saturated carbocycles. The first kappa shape index (κ1) is 10.5. The number of amides is 2. The lowest BCUT2D eigenvalue weighted by molar-refractivity contribution is -0.123. The van der Waals surface area contributed by atoms with Gasteiger partial charge in [0.15, 0.2) is 5.11 Å². The quantitative estimate of drug-likeness (QED) is 0.365. The summed E-state index contributed by atoms with van der Waals surface area (Å²) in [6.45, 7) is 1.38. The van der Waals surface area contributed by atoms with Gasteiger partial charge in [-0.3, -0.25) is 25.0 Å². The van der Waals surface area contributed by atoms with Crippen molar-refractivity contribution in [3.8, 4) is 0 Å². The van der Waals surface area contributed by atoms with Gasteiger partial charge in [0.05, 0.1) is 0 Å². The molecule has 0 aromatic carbocycles. The normalized spacial score (nSPS) is 16.1. The molecule has 1 saturated heterocycles. The van der Waals surface area contributed by atoms with Crippen molar-refractivity contribution in [2.75, 3.05) is 0 Å². The van der Waals surface area contributed by atoms with Gasteiger partial charge in [-0.2, -0.15) is 0 Å². The van der Waals surface area contributed by atoms with E-state index in [4.69, 9.17) is 0 Å². The van der Waals surface area contributed by atoms with Gasteiger partial charge in [-0.25, -0.2) is 0 Å². The van der Waals surface area contributed by atoms with E-state index >= 15 is 0 Å². The summed E-state index contributed by atoms with van der Waals surface area (Å²) in [4.78, 5) is 33.0. The van der Waals surface area contributed by atoms with E-state index in [0.29, 0.717) is 0 Å². The summed E-state index contributed by atoms with van der Waals surface area (Å²) in [6.07, 6.45) is 1.34. The third kappa shape index (κ3) is 2.46. The Kier molecular flexibility index (Phi) is 3.08. The molecule has 1 aliphatic rings. The highest BCUT2D eigenvalue weighted by Gasteiger charge is 2.25. The van der Waals surface area contributed by atoms with Crippen LogP contribution in [0.1, 0.15) is 13.3 Å². The van der Waals surface area contributed by atoms with Crippen molar-refractivity contribution in [1.82, 2.24) is 10.6 Å². The fourth-order valence-corrected chi connectivity index (χ4v) is 1.09. The molecule has 0 atom stereocenters. The molecular weight excluding hydrogens is 204 g/mol. The average Bonchev–Trinajstić information content (AvgIpc) is 2.01. The highest BCUT2D eigenvalue weighted by molar-refractivity contribution is 7.80. The maximum absolute atomic E-state index is 11.2. The smallest absolute Gasteiger partial charge is 0.262 e. The molecule has 1 fully saturated rings. The van der Waals surface area contributed by atoms with Crippen molar-refractivity contribution < 1.29 is 14.4 Å². The maximum atomic E-state index is 11.2. The van der Waals surface area contributed by atoms with E-state index in [0.717, 1.165) is 0 Å². The Morgan fingerprint density at radius 1 is 1.36 bits per heavy atom. The lowest BCUT2D eigenvalue weighted by Gasteiger charge is -2.15. The molecule has 2 N–H and O–H groups in total. The second-order valence-electron chi connectivity index (χ2n) is 2.76. The maximum Gasteiger partial charge on any atom is 0.262 e. The van der Waals surface area contributed by atoms with Crippen molar-refractivity contribution in [2.45, 2.75) is 13.3 Å². The number of rotatable bonds is 2. The topological polar surface area (TPSA) is 75.3 Å². The van der Waals surface area contributed by atoms with E-state index in [-0.39, 0.29) is 22.9 Å². The number of ketones is 1. The third-order valence-corrected chi connectivity index (χ3v) is 1.74. The molecule has 0 bridgehead atoms. The number of allylic oxidation sites excluding steroid dienone is 1. The van der Waals surface area contributed by atoms with Crippen LogP contribution in [0.25, 0.3) is 0 Å². The Hall–Kier alpha value is -1.56. The molecule has 2 amide bonds. The SMILES string of the molecule is CC(=O)CC=C1C(=O)NC(=S)NC1=O. The summed E-state index contributed by atoms with van der Waals surface area (Å²) in [6, 6.07) is 0. The number of Topliss-reactive ketones (excluding diaryl/α,β-unsaturated/α-hetero) is 1. The summed E-state index contributed by atoms with van der Waals surface area (Å²) in [5, 5.41) is 4.52. The number of hydrogen-bond donors (Lipinski definition) is 2. The van der Waals surface area contributed by atoms with Gasteiger partial charge in [0, 0.05) is 6.42 Å². The molecule has 0 aromatic rings. The second kappa shape index (κ2) is 4.10. The molecule has 0 unspecified atom stereocenters. The van der Waals surface area contributed by atoms with Gasteiger partial charge in [0.25, 0.3) is 11.8 Å². The molecule has 1 aliphatic heterocycles. The first-order valence-corrected chi connectivity index (χ1v) is 4.28. The van der Waals surface area contributed by atoms with Crippen molar-refractivity contribution in [2.24, 2.45) is 0 Å². The predicted molar refractivity (Wildman–Crippen MR) is 52.3 cm³/mol. The number of hydrogen-bond acceptors (Lipinski definition) is 4. The number of nitrogens with one attached hydrogen (secondary N) is 2. The van der Waals surface area contributed by atoms with Crippen LogP contribution in [0.3, 0.4) is 0 Å². The minimum absolute atomic E-state index is 0.0139. The van der Waals surface area contributed by atoms with Gasteiger partial charge >= 0.3 is 0 Å². The zero-order valence-electron chi connectivity index (χ0n) is 7.42. The fourth-order valence-electron chi connectivity index (χ4n) is 0.906. The molecule has 0 aliphatic carbocycles. The van der Waals surface area contributed by atoms with Gasteiger partial charge in [-0.15, -0.1) is 0 Å². The zero-order valence-corrected chi connectivity index (χ0v) is 8.23. The predicted octanol–water partition coefficient (Wildman–Crippen LogP) is -0.577. The van der Waals surface area contributed by atoms with Gasteiger partial charge in [0.2, 0.25) is 0 Å². The van der Waals surface area contributed by atoms with Crippen LogP contribution in [0.5, 0.6) is 0 Å². The van der Waals surface area contributed by atoms with Crippen LogP contribution >= 0.6 is 12.2 Å². The Morgan fingerprint density at radius 3 is 2.29 bits per heavy atom. The van der Waals surface area contributed by atoms with Crippen LogP contribution < -0.4 is 10.6 Å². The lowest BCUT2D eigenvalue weighted by atomic mass is 10.1. The molecular formula is C8H8N2O3S. The fraction of sp³-hybridized carbons (Fsp3) is 0.250. The van der Waals surface area contributed by atoms with Crippen LogP contribution in [-0.2, 0) is 14.4 Å². The minimum atomic E-state index is -0.569. The summed E-state index contributed by atoms with van der Waals surface area (Å²) in [5.41, 5.74) is -0.0752. The Bertz CT molecular complexity index is 338. The van der Waals surface area contributed by atoms with Gasteiger partial charge in [-0.1, -0.05) is 6.08 Å². The molecule has 5 nitrogen and oxygen atoms in total. The zero-order chi connectivity index (χ0) is 10.7. The molecule has 74 valence electrons. The highest BCUT2D eigenvalue weighted by Crippen LogP contribution is 2.02. The van der Waals surface area contributed by atoms with E-state index in [1.807, 2.05) is 0 Å². The Labute approximate surface area is 85.5 Å². The number of carbonyl (C=O) groups is 3. The molecule has 1 heterocycles. The standard InChI is InChI=1S/C8H8N2O3S/c1-4(11)2-3-5-6(12)9-8(14)10-7(5)13/h3H,2H2,1H3,(H2,9,10,12,13,14). The van der Waals surface area contributed by atoms with E-state index in [2.05, 4.69) is 22.9 Å². The molecule has 1 rings (SSSR count). The monoisotopic (exact) mass is 212 g/mol. The molecule has 0 aromatic heterocycles. The van der Waals surface area contributed by atoms with Gasteiger partial charge < -0.3 is 0 Å². The van der Waals surface area contributed by atoms with Gasteiger partial charge in [0.1, 0.15) is 11.4 Å². The van der Waals surface area contributed by atoms with Crippen molar-refractivity contribution in [3.05, 3.63) is 11.6 Å². The third-order valence-electron chi connectivity index (χ3n) is 1.54. The lowest BCUT2D eigenvalue weighted by Crippen LogP contribution is -2.51. The average molecular weight is 212 g/mol. The van der Waals surface area contributed by atoms with Gasteiger partial charge in [-0.05, 0) is 19.1 Å². The number of thiocarbonyl (C=S) groups is 1. The van der Waals surface area contributed by atoms with Crippen molar-refractivity contribution >= 4 is 34.9 Å². The Morgan fingerprint density at radius 2 is 1.86 bits per heavy atom. The summed E-state index contributed by atoms with van der Waals surface area (Å²) >= 11 is 4.59. The van der Waals surface area contributed by atoms with Crippen LogP contribution in [0.2, 0.25) is 0 Å². The largest absolute Gasteiger partial charge is 0.300 e. The minimum Gasteiger partial charge on any atom is -0.300 e. The van der Waals surface area contributed by atoms with Crippen LogP contribution in [0, 0.1) is 0 Å². The van der Waals surface area contributed by atoms with Crippen LogP contribution in [0.15, 0.2) is 11.6 Å². The molecule has 14 heavy (non-hydrogen) atoms. The van der Waals surface area contributed by atoms with E-state index in [1.165, 1.54) is 13.0 Å². The highest BCUT2D eigenvalue weighted by atomic mass is 32.1. The first-order chi connectivity index (χ1) is 6.50. The first-order valence-electron chi connectivity index (χ1n) is 3.87. The van der Waals surface area contributed by atoms with Crippen molar-refractivity contribution in [1.29, 1.82) is 0 Å². The van der Waals surface area contributed by atoms with E-state index < -0.39 is 11.8 Å². The number of carbonyl (C=O) groups excluding carboxylic acids is 3. The van der Waals surface area contributed by atoms with E-state index in [1.54, 1.807) is 0 Å². The molecule has 6 heteroatoms. The van der Waals surface area contributed by atoms with Crippen LogP contribution in [-0.4, -0.2) is 22.7 Å².